The molecule has 0 bridgehead atoms. The number of benzene rings is 1. The molecule has 10 heteroatoms. The molecule has 0 spiro atoms. The topological polar surface area (TPSA) is 134 Å². The van der Waals surface area contributed by atoms with Crippen molar-refractivity contribution in [3.8, 4) is 0 Å². The molecule has 0 unspecified atom stereocenters. The molecule has 35 heavy (non-hydrogen) atoms. The van der Waals surface area contributed by atoms with Crippen molar-refractivity contribution in [1.29, 1.82) is 0 Å². The van der Waals surface area contributed by atoms with Crippen LogP contribution in [-0.2, 0) is 16.0 Å². The second-order valence-electron chi connectivity index (χ2n) is 8.59. The third-order valence-corrected chi connectivity index (χ3v) is 5.77. The Bertz CT molecular complexity index is 1100. The third-order valence-electron chi connectivity index (χ3n) is 5.77. The number of nitrogens with one attached hydrogen (secondary N) is 2. The van der Waals surface area contributed by atoms with Gasteiger partial charge in [-0.2, -0.15) is 0 Å². The summed E-state index contributed by atoms with van der Waals surface area (Å²) in [4.78, 5) is 48.4. The maximum atomic E-state index is 12.4. The zero-order valence-electron chi connectivity index (χ0n) is 21.3. The van der Waals surface area contributed by atoms with Gasteiger partial charge < -0.3 is 26.2 Å². The van der Waals surface area contributed by atoms with E-state index in [1.165, 1.54) is 11.0 Å². The van der Waals surface area contributed by atoms with Crippen LogP contribution >= 0.6 is 0 Å². The molecule has 0 fully saturated rings. The van der Waals surface area contributed by atoms with Crippen LogP contribution in [0.1, 0.15) is 42.5 Å². The fraction of sp³-hybridized carbons (Fsp3) is 0.400. The molecular weight excluding hydrogens is 446 g/mol. The minimum absolute atomic E-state index is 0.0632. The van der Waals surface area contributed by atoms with Gasteiger partial charge in [0.1, 0.15) is 6.04 Å². The van der Waals surface area contributed by atoms with Gasteiger partial charge in [-0.25, -0.2) is 9.97 Å². The zero-order chi connectivity index (χ0) is 26.3. The third kappa shape index (κ3) is 7.02. The Morgan fingerprint density at radius 3 is 2.46 bits per heavy atom. The predicted molar refractivity (Wildman–Crippen MR) is 138 cm³/mol. The molecule has 1 aromatic carbocycles. The number of rotatable bonds is 11. The summed E-state index contributed by atoms with van der Waals surface area (Å²) in [5.74, 6) is -0.307. The van der Waals surface area contributed by atoms with E-state index in [1.54, 1.807) is 20.9 Å². The first-order valence-electron chi connectivity index (χ1n) is 11.4. The number of amides is 3. The summed E-state index contributed by atoms with van der Waals surface area (Å²) < 4.78 is 0. The zero-order valence-corrected chi connectivity index (χ0v) is 21.3. The Hall–Kier alpha value is -3.95. The summed E-state index contributed by atoms with van der Waals surface area (Å²) in [5, 5.41) is 6.01. The quantitative estimate of drug-likeness (QED) is 0.419. The summed E-state index contributed by atoms with van der Waals surface area (Å²) in [6.45, 7) is 11.4. The molecule has 1 atom stereocenters. The second-order valence-corrected chi connectivity index (χ2v) is 8.59. The number of aromatic nitrogens is 2. The number of aryl methyl sites for hydroxylation is 1. The second kappa shape index (κ2) is 12.0. The van der Waals surface area contributed by atoms with E-state index < -0.39 is 11.9 Å². The first-order valence-corrected chi connectivity index (χ1v) is 11.4. The number of hydrogen-bond donors (Lipinski definition) is 3. The number of likely N-dealkylation sites (N-methyl/N-ethyl adjacent to an activating group) is 1. The number of nitrogens with zero attached hydrogens (tertiary/aromatic N) is 4. The lowest BCUT2D eigenvalue weighted by atomic mass is 10.1. The van der Waals surface area contributed by atoms with Crippen molar-refractivity contribution in [2.75, 3.05) is 30.9 Å². The number of anilines is 3. The molecule has 188 valence electrons. The molecule has 10 nitrogen and oxygen atoms in total. The number of primary amides is 1. The maximum Gasteiger partial charge on any atom is 0.271 e. The van der Waals surface area contributed by atoms with E-state index in [1.807, 2.05) is 50.1 Å². The molecule has 2 rings (SSSR count). The van der Waals surface area contributed by atoms with Crippen LogP contribution in [-0.4, -0.2) is 65.3 Å². The van der Waals surface area contributed by atoms with Gasteiger partial charge in [0.2, 0.25) is 11.8 Å². The standard InChI is InChI=1S/C25H35N7O3/c1-8-20(33)32(7)17(5)25(35)27-13-12-18-10-9-11-19(14-18)29-23-21(22(26)34)28-16(4)24(30-23)31(6)15(2)3/h8-11,14-15,17H,1,12-13H2,2-7H3,(H2,26,34)(H,27,35)(H,29,30)/t17-/m0/s1. The van der Waals surface area contributed by atoms with Crippen molar-refractivity contribution in [2.45, 2.75) is 46.2 Å². The molecule has 1 heterocycles. The smallest absolute Gasteiger partial charge is 0.271 e. The molecule has 0 aliphatic rings. The lowest BCUT2D eigenvalue weighted by molar-refractivity contribution is -0.135. The maximum absolute atomic E-state index is 12.4. The molecule has 0 saturated heterocycles. The van der Waals surface area contributed by atoms with Gasteiger partial charge in [0, 0.05) is 32.4 Å². The first-order chi connectivity index (χ1) is 16.5. The van der Waals surface area contributed by atoms with Crippen LogP contribution in [0.4, 0.5) is 17.3 Å². The molecule has 0 radical (unpaired) electrons. The van der Waals surface area contributed by atoms with Crippen LogP contribution in [0.15, 0.2) is 36.9 Å². The summed E-state index contributed by atoms with van der Waals surface area (Å²) in [5.41, 5.74) is 7.89. The van der Waals surface area contributed by atoms with Crippen LogP contribution in [0, 0.1) is 6.92 Å². The van der Waals surface area contributed by atoms with Crippen molar-refractivity contribution in [3.63, 3.8) is 0 Å². The van der Waals surface area contributed by atoms with Crippen LogP contribution < -0.4 is 21.3 Å². The summed E-state index contributed by atoms with van der Waals surface area (Å²) in [6.07, 6.45) is 1.74. The normalized spacial score (nSPS) is 11.5. The Balaban J connectivity index is 2.14. The molecule has 1 aromatic heterocycles. The average molecular weight is 482 g/mol. The van der Waals surface area contributed by atoms with Crippen molar-refractivity contribution in [2.24, 2.45) is 5.73 Å². The van der Waals surface area contributed by atoms with E-state index in [-0.39, 0.29) is 29.4 Å². The van der Waals surface area contributed by atoms with Gasteiger partial charge in [-0.15, -0.1) is 0 Å². The Kier molecular flexibility index (Phi) is 9.33. The highest BCUT2D eigenvalue weighted by Crippen LogP contribution is 2.25. The van der Waals surface area contributed by atoms with E-state index >= 15 is 0 Å². The molecule has 0 aliphatic heterocycles. The number of carbonyl (C=O) groups is 3. The van der Waals surface area contributed by atoms with Gasteiger partial charge in [0.15, 0.2) is 17.3 Å². The van der Waals surface area contributed by atoms with Gasteiger partial charge in [0.05, 0.1) is 5.69 Å². The van der Waals surface area contributed by atoms with Crippen LogP contribution in [0.25, 0.3) is 0 Å². The Morgan fingerprint density at radius 1 is 1.17 bits per heavy atom. The van der Waals surface area contributed by atoms with Crippen molar-refractivity contribution in [3.05, 3.63) is 53.9 Å². The summed E-state index contributed by atoms with van der Waals surface area (Å²) >= 11 is 0. The van der Waals surface area contributed by atoms with Crippen molar-refractivity contribution < 1.29 is 14.4 Å². The minimum atomic E-state index is -0.672. The highest BCUT2D eigenvalue weighted by Gasteiger charge is 2.21. The lowest BCUT2D eigenvalue weighted by Gasteiger charge is -2.25. The molecule has 4 N–H and O–H groups in total. The van der Waals surface area contributed by atoms with Gasteiger partial charge >= 0.3 is 0 Å². The summed E-state index contributed by atoms with van der Waals surface area (Å²) in [6, 6.07) is 7.12. The SMILES string of the molecule is C=CC(=O)N(C)[C@@H](C)C(=O)NCCc1cccc(Nc2nc(N(C)C(C)C)c(C)nc2C(N)=O)c1. The van der Waals surface area contributed by atoms with E-state index in [2.05, 4.69) is 27.2 Å². The van der Waals surface area contributed by atoms with Crippen LogP contribution in [0.5, 0.6) is 0 Å². The predicted octanol–water partition coefficient (Wildman–Crippen LogP) is 2.16. The Labute approximate surface area is 206 Å². The first kappa shape index (κ1) is 27.3. The number of hydrogen-bond acceptors (Lipinski definition) is 7. The van der Waals surface area contributed by atoms with E-state index in [0.29, 0.717) is 30.2 Å². The Morgan fingerprint density at radius 2 is 1.86 bits per heavy atom. The molecule has 0 saturated carbocycles. The average Bonchev–Trinajstić information content (AvgIpc) is 2.82. The minimum Gasteiger partial charge on any atom is -0.364 e. The fourth-order valence-electron chi connectivity index (χ4n) is 3.28. The highest BCUT2D eigenvalue weighted by atomic mass is 16.2. The highest BCUT2D eigenvalue weighted by molar-refractivity contribution is 5.96. The van der Waals surface area contributed by atoms with Crippen LogP contribution in [0.2, 0.25) is 0 Å². The van der Waals surface area contributed by atoms with Crippen LogP contribution in [0.3, 0.4) is 0 Å². The van der Waals surface area contributed by atoms with E-state index in [0.717, 1.165) is 5.56 Å². The van der Waals surface area contributed by atoms with Gasteiger partial charge in [-0.05, 0) is 57.9 Å². The van der Waals surface area contributed by atoms with E-state index in [4.69, 9.17) is 5.73 Å². The number of carbonyl (C=O) groups excluding carboxylic acids is 3. The van der Waals surface area contributed by atoms with Crippen molar-refractivity contribution >= 4 is 35.0 Å². The summed E-state index contributed by atoms with van der Waals surface area (Å²) in [7, 11) is 3.47. The van der Waals surface area contributed by atoms with Crippen molar-refractivity contribution in [1.82, 2.24) is 20.2 Å². The largest absolute Gasteiger partial charge is 0.364 e. The van der Waals surface area contributed by atoms with E-state index in [9.17, 15) is 14.4 Å². The van der Waals surface area contributed by atoms with Gasteiger partial charge in [0.25, 0.3) is 5.91 Å². The molecular formula is C25H35N7O3. The van der Waals surface area contributed by atoms with Gasteiger partial charge in [-0.1, -0.05) is 18.7 Å². The fourth-order valence-corrected chi connectivity index (χ4v) is 3.28. The molecule has 0 aliphatic carbocycles. The van der Waals surface area contributed by atoms with Gasteiger partial charge in [-0.3, -0.25) is 14.4 Å². The number of nitrogens with two attached hydrogens (primary N) is 1. The molecule has 2 aromatic rings. The molecule has 3 amide bonds. The monoisotopic (exact) mass is 481 g/mol. The lowest BCUT2D eigenvalue weighted by Crippen LogP contribution is -2.45.